The summed E-state index contributed by atoms with van der Waals surface area (Å²) < 4.78 is 0. The molecule has 0 fully saturated rings. The number of aromatic nitrogens is 4. The molecule has 3 aromatic carbocycles. The molecule has 4 nitrogen and oxygen atoms in total. The lowest BCUT2D eigenvalue weighted by Crippen LogP contribution is -2.43. The van der Waals surface area contributed by atoms with Crippen molar-refractivity contribution < 1.29 is 4.80 Å². The fourth-order valence-corrected chi connectivity index (χ4v) is 2.58. The molecular weight excluding hydrogens is 320 g/mol. The maximum absolute atomic E-state index is 6.00. The van der Waals surface area contributed by atoms with Crippen LogP contribution in [0.15, 0.2) is 84.9 Å². The summed E-state index contributed by atoms with van der Waals surface area (Å²) in [6, 6.07) is 27.4. The van der Waals surface area contributed by atoms with Crippen molar-refractivity contribution in [1.29, 1.82) is 0 Å². The van der Waals surface area contributed by atoms with Gasteiger partial charge < -0.3 is 0 Å². The van der Waals surface area contributed by atoms with Crippen LogP contribution in [-0.2, 0) is 0 Å². The number of nitrogens with zero attached hydrogens (tertiary/aromatic N) is 4. The van der Waals surface area contributed by atoms with Gasteiger partial charge in [0.1, 0.15) is 5.69 Å². The van der Waals surface area contributed by atoms with E-state index in [1.165, 1.54) is 0 Å². The minimum Gasteiger partial charge on any atom is -0.0843 e. The molecule has 1 heterocycles. The van der Waals surface area contributed by atoms with Crippen molar-refractivity contribution in [3.05, 3.63) is 90.0 Å². The molecule has 0 aliphatic carbocycles. The van der Waals surface area contributed by atoms with Gasteiger partial charge >= 0.3 is 5.82 Å². The van der Waals surface area contributed by atoms with Crippen molar-refractivity contribution in [3.63, 3.8) is 0 Å². The molecule has 4 rings (SSSR count). The molecule has 0 aliphatic heterocycles. The molecule has 116 valence electrons. The van der Waals surface area contributed by atoms with E-state index in [0.29, 0.717) is 10.8 Å². The average Bonchev–Trinajstić information content (AvgIpc) is 3.09. The van der Waals surface area contributed by atoms with E-state index in [0.717, 1.165) is 16.9 Å². The van der Waals surface area contributed by atoms with E-state index < -0.39 is 0 Å². The van der Waals surface area contributed by atoms with Crippen molar-refractivity contribution >= 4 is 11.6 Å². The van der Waals surface area contributed by atoms with Gasteiger partial charge in [-0.15, -0.1) is 0 Å². The van der Waals surface area contributed by atoms with Crippen molar-refractivity contribution in [2.45, 2.75) is 0 Å². The van der Waals surface area contributed by atoms with Gasteiger partial charge in [0.2, 0.25) is 0 Å². The molecule has 0 bridgehead atoms. The quantitative estimate of drug-likeness (QED) is 0.533. The summed E-state index contributed by atoms with van der Waals surface area (Å²) in [5.41, 5.74) is 2.79. The zero-order chi connectivity index (χ0) is 16.4. The second-order valence-corrected chi connectivity index (χ2v) is 5.72. The summed E-state index contributed by atoms with van der Waals surface area (Å²) >= 11 is 6.00. The molecule has 0 amide bonds. The average molecular weight is 334 g/mol. The van der Waals surface area contributed by atoms with Gasteiger partial charge in [0.25, 0.3) is 0 Å². The highest BCUT2D eigenvalue weighted by Crippen LogP contribution is 2.15. The lowest BCUT2D eigenvalue weighted by atomic mass is 10.2. The lowest BCUT2D eigenvalue weighted by Gasteiger charge is -1.99. The maximum Gasteiger partial charge on any atom is 0.340 e. The Kier molecular flexibility index (Phi) is 3.81. The lowest BCUT2D eigenvalue weighted by molar-refractivity contribution is -0.734. The van der Waals surface area contributed by atoms with E-state index in [-0.39, 0.29) is 0 Å². The maximum atomic E-state index is 6.00. The second kappa shape index (κ2) is 6.26. The van der Waals surface area contributed by atoms with Gasteiger partial charge in [-0.05, 0) is 58.4 Å². The summed E-state index contributed by atoms with van der Waals surface area (Å²) in [5.74, 6) is 0.661. The van der Waals surface area contributed by atoms with Crippen LogP contribution < -0.4 is 4.80 Å². The Morgan fingerprint density at radius 3 is 2.04 bits per heavy atom. The third-order valence-electron chi connectivity index (χ3n) is 3.64. The van der Waals surface area contributed by atoms with E-state index >= 15 is 0 Å². The van der Waals surface area contributed by atoms with Crippen LogP contribution in [0, 0.1) is 0 Å². The topological polar surface area (TPSA) is 34.6 Å². The third-order valence-corrected chi connectivity index (χ3v) is 3.89. The van der Waals surface area contributed by atoms with Crippen LogP contribution in [0.3, 0.4) is 0 Å². The van der Waals surface area contributed by atoms with E-state index in [9.17, 15) is 0 Å². The van der Waals surface area contributed by atoms with Crippen LogP contribution in [0.25, 0.3) is 22.8 Å². The highest BCUT2D eigenvalue weighted by Gasteiger charge is 2.22. The Balaban J connectivity index is 1.90. The van der Waals surface area contributed by atoms with Crippen molar-refractivity contribution in [2.75, 3.05) is 0 Å². The first-order valence-corrected chi connectivity index (χ1v) is 7.95. The van der Waals surface area contributed by atoms with Gasteiger partial charge in [-0.3, -0.25) is 0 Å². The zero-order valence-electron chi connectivity index (χ0n) is 12.7. The van der Waals surface area contributed by atoms with Crippen molar-refractivity contribution in [3.8, 4) is 22.8 Å². The molecule has 0 atom stereocenters. The normalized spacial score (nSPS) is 10.7. The van der Waals surface area contributed by atoms with Gasteiger partial charge in [-0.1, -0.05) is 48.0 Å². The highest BCUT2D eigenvalue weighted by molar-refractivity contribution is 6.30. The molecule has 0 saturated heterocycles. The van der Waals surface area contributed by atoms with Gasteiger partial charge in [0.15, 0.2) is 5.69 Å². The first kappa shape index (κ1) is 14.6. The number of hydrogen-bond donors (Lipinski definition) is 0. The van der Waals surface area contributed by atoms with E-state index in [1.807, 2.05) is 84.9 Å². The molecule has 5 heteroatoms. The summed E-state index contributed by atoms with van der Waals surface area (Å²) in [4.78, 5) is 3.56. The number of benzene rings is 3. The van der Waals surface area contributed by atoms with Gasteiger partial charge in [-0.2, -0.15) is 0 Å². The van der Waals surface area contributed by atoms with Gasteiger partial charge in [-0.25, -0.2) is 0 Å². The third kappa shape index (κ3) is 2.79. The molecule has 0 N–H and O–H groups in total. The monoisotopic (exact) mass is 333 g/mol. The van der Waals surface area contributed by atoms with E-state index in [1.54, 1.807) is 9.59 Å². The summed E-state index contributed by atoms with van der Waals surface area (Å²) in [5, 5.41) is 10.1. The molecule has 4 aromatic rings. The smallest absolute Gasteiger partial charge is 0.0843 e. The van der Waals surface area contributed by atoms with Crippen molar-refractivity contribution in [2.24, 2.45) is 0 Å². The predicted molar refractivity (Wildman–Crippen MR) is 93.3 cm³/mol. The molecule has 24 heavy (non-hydrogen) atoms. The van der Waals surface area contributed by atoms with Crippen LogP contribution in [0.5, 0.6) is 0 Å². The fourth-order valence-electron chi connectivity index (χ4n) is 2.46. The molecular formula is C19H14ClN4+. The van der Waals surface area contributed by atoms with Crippen LogP contribution in [0.1, 0.15) is 0 Å². The Morgan fingerprint density at radius 2 is 1.38 bits per heavy atom. The Bertz CT molecular complexity index is 948. The van der Waals surface area contributed by atoms with Crippen LogP contribution in [0.2, 0.25) is 5.02 Å². The van der Waals surface area contributed by atoms with Crippen molar-refractivity contribution in [1.82, 2.24) is 15.0 Å². The van der Waals surface area contributed by atoms with Gasteiger partial charge in [0.05, 0.1) is 10.7 Å². The summed E-state index contributed by atoms with van der Waals surface area (Å²) in [7, 11) is 0. The first-order chi connectivity index (χ1) is 11.8. The molecule has 1 aromatic heterocycles. The SMILES string of the molecule is Clc1ccc(-[n+]2nc(-c3ccccc3)nn2-c2ccccc2)cc1. The van der Waals surface area contributed by atoms with Crippen LogP contribution in [0.4, 0.5) is 0 Å². The first-order valence-electron chi connectivity index (χ1n) is 7.58. The molecule has 0 unspecified atom stereocenters. The number of tetrazole rings is 1. The number of hydrogen-bond acceptors (Lipinski definition) is 2. The Hall–Kier alpha value is -2.98. The van der Waals surface area contributed by atoms with Crippen LogP contribution in [-0.4, -0.2) is 15.0 Å². The Labute approximate surface area is 144 Å². The minimum absolute atomic E-state index is 0.661. The summed E-state index contributed by atoms with van der Waals surface area (Å²) in [6.07, 6.45) is 0. The Morgan fingerprint density at radius 1 is 0.750 bits per heavy atom. The standard InChI is InChI=1S/C19H14ClN4/c20-16-11-13-18(14-12-16)24-22-19(15-7-3-1-4-8-15)21-23(24)17-9-5-2-6-10-17/h1-14H/q+1. The molecule has 0 aliphatic rings. The molecule has 0 spiro atoms. The van der Waals surface area contributed by atoms with Gasteiger partial charge in [0, 0.05) is 9.82 Å². The van der Waals surface area contributed by atoms with E-state index in [2.05, 4.69) is 10.2 Å². The number of rotatable bonds is 3. The highest BCUT2D eigenvalue weighted by atomic mass is 35.5. The molecule has 0 saturated carbocycles. The zero-order valence-corrected chi connectivity index (χ0v) is 13.5. The minimum atomic E-state index is 0.661. The largest absolute Gasteiger partial charge is 0.340 e. The summed E-state index contributed by atoms with van der Waals surface area (Å²) in [6.45, 7) is 0. The molecule has 0 radical (unpaired) electrons. The second-order valence-electron chi connectivity index (χ2n) is 5.28. The van der Waals surface area contributed by atoms with E-state index in [4.69, 9.17) is 11.6 Å². The van der Waals surface area contributed by atoms with Crippen LogP contribution >= 0.6 is 11.6 Å². The number of halogens is 1. The predicted octanol–water partition coefficient (Wildman–Crippen LogP) is 3.86. The fraction of sp³-hybridized carbons (Fsp3) is 0. The number of para-hydroxylation sites is 1.